The Morgan fingerprint density at radius 2 is 1.79 bits per heavy atom. The predicted octanol–water partition coefficient (Wildman–Crippen LogP) is 2.98. The Hall–Kier alpha value is -1.90. The van der Waals surface area contributed by atoms with Gasteiger partial charge < -0.3 is 10.2 Å². The Labute approximate surface area is 174 Å². The van der Waals surface area contributed by atoms with Crippen LogP contribution in [0.3, 0.4) is 0 Å². The number of sulfonamides is 1. The van der Waals surface area contributed by atoms with Crippen molar-refractivity contribution in [2.75, 3.05) is 25.5 Å². The molecule has 1 saturated heterocycles. The molecule has 0 bridgehead atoms. The lowest BCUT2D eigenvalue weighted by Crippen LogP contribution is -2.45. The summed E-state index contributed by atoms with van der Waals surface area (Å²) in [6.45, 7) is 0.725. The number of halogens is 1. The van der Waals surface area contributed by atoms with E-state index in [2.05, 4.69) is 21.2 Å². The Bertz CT molecular complexity index is 928. The number of anilines is 1. The normalized spacial score (nSPS) is 17.5. The molecule has 2 aromatic carbocycles. The van der Waals surface area contributed by atoms with E-state index in [-0.39, 0.29) is 10.8 Å². The highest BCUT2D eigenvalue weighted by Gasteiger charge is 2.39. The highest BCUT2D eigenvalue weighted by atomic mass is 79.9. The van der Waals surface area contributed by atoms with Gasteiger partial charge in [-0.1, -0.05) is 28.1 Å². The lowest BCUT2D eigenvalue weighted by Gasteiger charge is -2.23. The van der Waals surface area contributed by atoms with Crippen LogP contribution in [0, 0.1) is 0 Å². The van der Waals surface area contributed by atoms with Crippen molar-refractivity contribution in [2.24, 2.45) is 0 Å². The summed E-state index contributed by atoms with van der Waals surface area (Å²) in [6.07, 6.45) is 1.20. The predicted molar refractivity (Wildman–Crippen MR) is 114 cm³/mol. The van der Waals surface area contributed by atoms with Crippen LogP contribution in [0.1, 0.15) is 18.4 Å². The van der Waals surface area contributed by atoms with E-state index in [0.29, 0.717) is 25.9 Å². The standard InChI is InChI=1S/C20H24BrN3O3S/c1-23(2)17-9-5-15(6-10-17)14-22-20(25)19-4-3-13-24(19)28(26,27)18-11-7-16(21)8-12-18/h5-12,19H,3-4,13-14H2,1-2H3,(H,22,25). The molecule has 28 heavy (non-hydrogen) atoms. The second-order valence-corrected chi connectivity index (χ2v) is 9.81. The van der Waals surface area contributed by atoms with E-state index in [1.807, 2.05) is 43.3 Å². The van der Waals surface area contributed by atoms with E-state index in [1.165, 1.54) is 4.31 Å². The van der Waals surface area contributed by atoms with Crippen molar-refractivity contribution in [3.8, 4) is 0 Å². The minimum atomic E-state index is -3.70. The van der Waals surface area contributed by atoms with Crippen molar-refractivity contribution in [1.82, 2.24) is 9.62 Å². The molecule has 6 nitrogen and oxygen atoms in total. The highest BCUT2D eigenvalue weighted by Crippen LogP contribution is 2.27. The topological polar surface area (TPSA) is 69.7 Å². The van der Waals surface area contributed by atoms with Crippen LogP contribution < -0.4 is 10.2 Å². The lowest BCUT2D eigenvalue weighted by molar-refractivity contribution is -0.124. The van der Waals surface area contributed by atoms with Crippen LogP contribution in [0.4, 0.5) is 5.69 Å². The SMILES string of the molecule is CN(C)c1ccc(CNC(=O)C2CCCN2S(=O)(=O)c2ccc(Br)cc2)cc1. The first-order valence-electron chi connectivity index (χ1n) is 9.10. The van der Waals surface area contributed by atoms with E-state index >= 15 is 0 Å². The number of carbonyl (C=O) groups is 1. The summed E-state index contributed by atoms with van der Waals surface area (Å²) < 4.78 is 28.1. The van der Waals surface area contributed by atoms with Crippen LogP contribution in [0.5, 0.6) is 0 Å². The van der Waals surface area contributed by atoms with Gasteiger partial charge in [0.25, 0.3) is 0 Å². The molecule has 1 N–H and O–H groups in total. The molecular weight excluding hydrogens is 442 g/mol. The minimum Gasteiger partial charge on any atom is -0.378 e. The first-order valence-corrected chi connectivity index (χ1v) is 11.3. The molecule has 1 aliphatic heterocycles. The van der Waals surface area contributed by atoms with Gasteiger partial charge in [-0.2, -0.15) is 4.31 Å². The van der Waals surface area contributed by atoms with Crippen molar-refractivity contribution in [1.29, 1.82) is 0 Å². The summed E-state index contributed by atoms with van der Waals surface area (Å²) >= 11 is 3.31. The first kappa shape index (κ1) is 20.8. The molecule has 0 radical (unpaired) electrons. The maximum atomic E-state index is 13.0. The van der Waals surface area contributed by atoms with Gasteiger partial charge in [-0.05, 0) is 54.8 Å². The third-order valence-electron chi connectivity index (χ3n) is 4.85. The third kappa shape index (κ3) is 4.56. The van der Waals surface area contributed by atoms with Crippen molar-refractivity contribution in [2.45, 2.75) is 30.3 Å². The average Bonchev–Trinajstić information content (AvgIpc) is 3.17. The lowest BCUT2D eigenvalue weighted by atomic mass is 10.2. The van der Waals surface area contributed by atoms with Gasteiger partial charge in [0, 0.05) is 37.3 Å². The zero-order valence-electron chi connectivity index (χ0n) is 15.9. The van der Waals surface area contributed by atoms with Crippen LogP contribution in [-0.2, 0) is 21.4 Å². The van der Waals surface area contributed by atoms with Gasteiger partial charge >= 0.3 is 0 Å². The average molecular weight is 466 g/mol. The summed E-state index contributed by atoms with van der Waals surface area (Å²) in [5.74, 6) is -0.255. The maximum absolute atomic E-state index is 13.0. The molecule has 1 heterocycles. The molecular formula is C20H24BrN3O3S. The third-order valence-corrected chi connectivity index (χ3v) is 7.30. The number of carbonyl (C=O) groups excluding carboxylic acids is 1. The van der Waals surface area contributed by atoms with Crippen LogP contribution >= 0.6 is 15.9 Å². The first-order chi connectivity index (χ1) is 13.3. The quantitative estimate of drug-likeness (QED) is 0.711. The van der Waals surface area contributed by atoms with Crippen LogP contribution in [0.15, 0.2) is 57.9 Å². The molecule has 150 valence electrons. The largest absolute Gasteiger partial charge is 0.378 e. The van der Waals surface area contributed by atoms with E-state index in [0.717, 1.165) is 15.7 Å². The fourth-order valence-electron chi connectivity index (χ4n) is 3.25. The van der Waals surface area contributed by atoms with Crippen molar-refractivity contribution in [3.63, 3.8) is 0 Å². The van der Waals surface area contributed by atoms with Gasteiger partial charge in [0.15, 0.2) is 0 Å². The zero-order valence-corrected chi connectivity index (χ0v) is 18.3. The number of hydrogen-bond acceptors (Lipinski definition) is 4. The molecule has 0 aromatic heterocycles. The Kier molecular flexibility index (Phi) is 6.42. The molecule has 0 spiro atoms. The zero-order chi connectivity index (χ0) is 20.3. The highest BCUT2D eigenvalue weighted by molar-refractivity contribution is 9.10. The number of nitrogens with one attached hydrogen (secondary N) is 1. The minimum absolute atomic E-state index is 0.203. The van der Waals surface area contributed by atoms with Gasteiger partial charge in [0.05, 0.1) is 4.90 Å². The second-order valence-electron chi connectivity index (χ2n) is 7.01. The van der Waals surface area contributed by atoms with Crippen LogP contribution in [0.2, 0.25) is 0 Å². The van der Waals surface area contributed by atoms with Crippen LogP contribution in [0.25, 0.3) is 0 Å². The Balaban J connectivity index is 1.68. The maximum Gasteiger partial charge on any atom is 0.243 e. The smallest absolute Gasteiger partial charge is 0.243 e. The number of benzene rings is 2. The molecule has 0 saturated carbocycles. The van der Waals surface area contributed by atoms with Gasteiger partial charge in [0.2, 0.25) is 15.9 Å². The Morgan fingerprint density at radius 1 is 1.14 bits per heavy atom. The summed E-state index contributed by atoms with van der Waals surface area (Å²) in [7, 11) is 0.238. The van der Waals surface area contributed by atoms with E-state index in [9.17, 15) is 13.2 Å². The number of hydrogen-bond donors (Lipinski definition) is 1. The number of rotatable bonds is 6. The van der Waals surface area contributed by atoms with Crippen molar-refractivity contribution >= 4 is 37.5 Å². The monoisotopic (exact) mass is 465 g/mol. The van der Waals surface area contributed by atoms with E-state index in [1.54, 1.807) is 24.3 Å². The summed E-state index contributed by atoms with van der Waals surface area (Å²) in [4.78, 5) is 14.9. The summed E-state index contributed by atoms with van der Waals surface area (Å²) in [5.41, 5.74) is 2.05. The van der Waals surface area contributed by atoms with Gasteiger partial charge in [-0.25, -0.2) is 8.42 Å². The molecule has 1 fully saturated rings. The molecule has 2 aromatic rings. The Morgan fingerprint density at radius 3 is 2.39 bits per heavy atom. The number of amides is 1. The van der Waals surface area contributed by atoms with Gasteiger partial charge in [-0.3, -0.25) is 4.79 Å². The van der Waals surface area contributed by atoms with Crippen molar-refractivity contribution < 1.29 is 13.2 Å². The van der Waals surface area contributed by atoms with Gasteiger partial charge in [-0.15, -0.1) is 0 Å². The number of nitrogens with zero attached hydrogens (tertiary/aromatic N) is 2. The fraction of sp³-hybridized carbons (Fsp3) is 0.350. The molecule has 8 heteroatoms. The summed E-state index contributed by atoms with van der Waals surface area (Å²) in [5, 5.41) is 2.89. The summed E-state index contributed by atoms with van der Waals surface area (Å²) in [6, 6.07) is 13.7. The van der Waals surface area contributed by atoms with Gasteiger partial charge in [0.1, 0.15) is 6.04 Å². The van der Waals surface area contributed by atoms with E-state index < -0.39 is 16.1 Å². The molecule has 1 amide bonds. The van der Waals surface area contributed by atoms with E-state index in [4.69, 9.17) is 0 Å². The molecule has 3 rings (SSSR count). The van der Waals surface area contributed by atoms with Crippen LogP contribution in [-0.4, -0.2) is 45.3 Å². The molecule has 0 aliphatic carbocycles. The molecule has 1 aliphatic rings. The molecule has 1 atom stereocenters. The van der Waals surface area contributed by atoms with Crippen molar-refractivity contribution in [3.05, 3.63) is 58.6 Å². The fourth-order valence-corrected chi connectivity index (χ4v) is 5.17. The molecule has 1 unspecified atom stereocenters. The second kappa shape index (κ2) is 8.63.